The molecule has 1 N–H and O–H groups in total. The summed E-state index contributed by atoms with van der Waals surface area (Å²) in [5.74, 6) is 1.81. The topological polar surface area (TPSA) is 41.0 Å². The molecule has 1 aliphatic carbocycles. The third kappa shape index (κ3) is 2.99. The molecular weight excluding hydrogens is 224 g/mol. The van der Waals surface area contributed by atoms with E-state index in [-0.39, 0.29) is 0 Å². The van der Waals surface area contributed by atoms with E-state index in [1.54, 1.807) is 0 Å². The van der Waals surface area contributed by atoms with E-state index in [0.717, 1.165) is 43.1 Å². The van der Waals surface area contributed by atoms with Crippen LogP contribution in [0.3, 0.4) is 0 Å². The second kappa shape index (κ2) is 5.22. The third-order valence-electron chi connectivity index (χ3n) is 3.84. The average molecular weight is 246 g/mol. The first-order chi connectivity index (χ1) is 8.81. The highest BCUT2D eigenvalue weighted by molar-refractivity contribution is 5.37. The molecule has 2 fully saturated rings. The van der Waals surface area contributed by atoms with E-state index in [9.17, 15) is 0 Å². The van der Waals surface area contributed by atoms with Crippen LogP contribution >= 0.6 is 0 Å². The maximum absolute atomic E-state index is 4.37. The van der Waals surface area contributed by atoms with Crippen molar-refractivity contribution in [1.29, 1.82) is 0 Å². The number of hydrogen-bond donors (Lipinski definition) is 1. The van der Waals surface area contributed by atoms with Crippen molar-refractivity contribution >= 4 is 5.82 Å². The zero-order valence-electron chi connectivity index (χ0n) is 11.1. The van der Waals surface area contributed by atoms with Gasteiger partial charge in [-0.05, 0) is 43.7 Å². The van der Waals surface area contributed by atoms with Crippen molar-refractivity contribution in [3.63, 3.8) is 0 Å². The van der Waals surface area contributed by atoms with Crippen molar-refractivity contribution in [3.05, 3.63) is 17.8 Å². The average Bonchev–Trinajstić information content (AvgIpc) is 3.21. The Labute approximate surface area is 109 Å². The Morgan fingerprint density at radius 3 is 2.83 bits per heavy atom. The van der Waals surface area contributed by atoms with Crippen LogP contribution in [-0.4, -0.2) is 29.3 Å². The molecule has 1 aromatic rings. The summed E-state index contributed by atoms with van der Waals surface area (Å²) in [6.07, 6.45) is 5.25. The van der Waals surface area contributed by atoms with Crippen molar-refractivity contribution in [2.24, 2.45) is 5.92 Å². The first kappa shape index (κ1) is 11.9. The van der Waals surface area contributed by atoms with Gasteiger partial charge in [0, 0.05) is 25.7 Å². The monoisotopic (exact) mass is 246 g/mol. The van der Waals surface area contributed by atoms with Crippen LogP contribution in [0.2, 0.25) is 0 Å². The molecule has 2 aliphatic rings. The van der Waals surface area contributed by atoms with Gasteiger partial charge in [0.25, 0.3) is 0 Å². The van der Waals surface area contributed by atoms with Gasteiger partial charge in [0.1, 0.15) is 0 Å². The van der Waals surface area contributed by atoms with E-state index in [1.165, 1.54) is 25.7 Å². The minimum Gasteiger partial charge on any atom is -0.355 e. The largest absolute Gasteiger partial charge is 0.355 e. The molecule has 1 aliphatic heterocycles. The predicted octanol–water partition coefficient (Wildman–Crippen LogP) is 1.96. The van der Waals surface area contributed by atoms with Crippen LogP contribution in [0.5, 0.6) is 0 Å². The molecule has 1 saturated carbocycles. The van der Waals surface area contributed by atoms with Gasteiger partial charge in [-0.15, -0.1) is 5.10 Å². The van der Waals surface area contributed by atoms with Crippen LogP contribution in [0.15, 0.2) is 12.1 Å². The standard InChI is InChI=1S/C14H22N4/c1-11-3-2-8-18(10-11)14-7-6-13(16-17-14)9-15-12-4-5-12/h6-7,11-12,15H,2-5,8-10H2,1H3. The van der Waals surface area contributed by atoms with Crippen LogP contribution in [0.25, 0.3) is 0 Å². The summed E-state index contributed by atoms with van der Waals surface area (Å²) < 4.78 is 0. The van der Waals surface area contributed by atoms with Crippen molar-refractivity contribution in [2.45, 2.75) is 45.2 Å². The summed E-state index contributed by atoms with van der Waals surface area (Å²) in [5.41, 5.74) is 1.05. The second-order valence-corrected chi connectivity index (χ2v) is 5.73. The van der Waals surface area contributed by atoms with Gasteiger partial charge in [-0.1, -0.05) is 6.92 Å². The van der Waals surface area contributed by atoms with E-state index in [4.69, 9.17) is 0 Å². The first-order valence-corrected chi connectivity index (χ1v) is 7.12. The molecule has 0 bridgehead atoms. The number of nitrogens with zero attached hydrogens (tertiary/aromatic N) is 3. The quantitative estimate of drug-likeness (QED) is 0.882. The minimum atomic E-state index is 0.731. The summed E-state index contributed by atoms with van der Waals surface area (Å²) >= 11 is 0. The Balaban J connectivity index is 1.58. The Bertz CT molecular complexity index is 385. The van der Waals surface area contributed by atoms with Crippen LogP contribution in [0.1, 0.15) is 38.3 Å². The fraction of sp³-hybridized carbons (Fsp3) is 0.714. The minimum absolute atomic E-state index is 0.731. The molecule has 0 spiro atoms. The summed E-state index contributed by atoms with van der Waals surface area (Å²) in [6, 6.07) is 4.96. The third-order valence-corrected chi connectivity index (χ3v) is 3.84. The van der Waals surface area contributed by atoms with Gasteiger partial charge in [0.15, 0.2) is 5.82 Å². The summed E-state index contributed by atoms with van der Waals surface area (Å²) in [7, 11) is 0. The summed E-state index contributed by atoms with van der Waals surface area (Å²) in [6.45, 7) is 5.41. The molecular formula is C14H22N4. The molecule has 1 aromatic heterocycles. The van der Waals surface area contributed by atoms with Gasteiger partial charge in [-0.2, -0.15) is 5.10 Å². The lowest BCUT2D eigenvalue weighted by atomic mass is 10.0. The van der Waals surface area contributed by atoms with Gasteiger partial charge in [0.2, 0.25) is 0 Å². The molecule has 18 heavy (non-hydrogen) atoms. The highest BCUT2D eigenvalue weighted by atomic mass is 15.3. The van der Waals surface area contributed by atoms with Crippen molar-refractivity contribution < 1.29 is 0 Å². The van der Waals surface area contributed by atoms with E-state index < -0.39 is 0 Å². The maximum atomic E-state index is 4.37. The van der Waals surface area contributed by atoms with Crippen LogP contribution in [0, 0.1) is 5.92 Å². The highest BCUT2D eigenvalue weighted by Gasteiger charge is 2.20. The molecule has 3 rings (SSSR count). The molecule has 98 valence electrons. The summed E-state index contributed by atoms with van der Waals surface area (Å²) in [5, 5.41) is 12.2. The fourth-order valence-corrected chi connectivity index (χ4v) is 2.55. The Hall–Kier alpha value is -1.16. The van der Waals surface area contributed by atoms with E-state index >= 15 is 0 Å². The van der Waals surface area contributed by atoms with Gasteiger partial charge in [-0.25, -0.2) is 0 Å². The second-order valence-electron chi connectivity index (χ2n) is 5.73. The molecule has 4 nitrogen and oxygen atoms in total. The lowest BCUT2D eigenvalue weighted by Crippen LogP contribution is -2.35. The van der Waals surface area contributed by atoms with Crippen LogP contribution in [-0.2, 0) is 6.54 Å². The molecule has 0 aromatic carbocycles. The highest BCUT2D eigenvalue weighted by Crippen LogP contribution is 2.21. The lowest BCUT2D eigenvalue weighted by molar-refractivity contribution is 0.443. The molecule has 0 radical (unpaired) electrons. The zero-order chi connectivity index (χ0) is 12.4. The van der Waals surface area contributed by atoms with Crippen molar-refractivity contribution in [1.82, 2.24) is 15.5 Å². The number of aromatic nitrogens is 2. The van der Waals surface area contributed by atoms with Crippen molar-refractivity contribution in [3.8, 4) is 0 Å². The fourth-order valence-electron chi connectivity index (χ4n) is 2.55. The van der Waals surface area contributed by atoms with Crippen LogP contribution < -0.4 is 10.2 Å². The normalized spacial score (nSPS) is 24.3. The van der Waals surface area contributed by atoms with Crippen LogP contribution in [0.4, 0.5) is 5.82 Å². The van der Waals surface area contributed by atoms with Crippen molar-refractivity contribution in [2.75, 3.05) is 18.0 Å². The smallest absolute Gasteiger partial charge is 0.151 e. The number of piperidine rings is 1. The SMILES string of the molecule is CC1CCCN(c2ccc(CNC3CC3)nn2)C1. The van der Waals surface area contributed by atoms with E-state index in [0.29, 0.717) is 0 Å². The Morgan fingerprint density at radius 2 is 2.17 bits per heavy atom. The lowest BCUT2D eigenvalue weighted by Gasteiger charge is -2.31. The number of hydrogen-bond acceptors (Lipinski definition) is 4. The van der Waals surface area contributed by atoms with E-state index in [2.05, 4.69) is 39.5 Å². The zero-order valence-corrected chi connectivity index (χ0v) is 11.1. The first-order valence-electron chi connectivity index (χ1n) is 7.12. The molecule has 1 atom stereocenters. The van der Waals surface area contributed by atoms with Gasteiger partial charge in [0.05, 0.1) is 5.69 Å². The Morgan fingerprint density at radius 1 is 1.28 bits per heavy atom. The number of rotatable bonds is 4. The van der Waals surface area contributed by atoms with Gasteiger partial charge < -0.3 is 10.2 Å². The molecule has 4 heteroatoms. The maximum Gasteiger partial charge on any atom is 0.151 e. The molecule has 1 saturated heterocycles. The predicted molar refractivity (Wildman–Crippen MR) is 72.5 cm³/mol. The van der Waals surface area contributed by atoms with Gasteiger partial charge >= 0.3 is 0 Å². The molecule has 2 heterocycles. The molecule has 0 amide bonds. The number of anilines is 1. The van der Waals surface area contributed by atoms with E-state index in [1.807, 2.05) is 0 Å². The Kier molecular flexibility index (Phi) is 3.46. The summed E-state index contributed by atoms with van der Waals surface area (Å²) in [4.78, 5) is 2.36. The molecule has 1 unspecified atom stereocenters. The number of nitrogens with one attached hydrogen (secondary N) is 1. The van der Waals surface area contributed by atoms with Gasteiger partial charge in [-0.3, -0.25) is 0 Å².